The second-order valence-electron chi connectivity index (χ2n) is 13.6. The van der Waals surface area contributed by atoms with Crippen molar-refractivity contribution in [3.8, 4) is 0 Å². The molecule has 0 aromatic rings. The molecule has 6 nitrogen and oxygen atoms in total. The Bertz CT molecular complexity index is 733. The molecule has 0 aliphatic heterocycles. The summed E-state index contributed by atoms with van der Waals surface area (Å²) in [6.45, 7) is 6.50. The highest BCUT2D eigenvalue weighted by atomic mass is 16.6. The summed E-state index contributed by atoms with van der Waals surface area (Å²) < 4.78 is 16.5. The number of unbranched alkanes of at least 4 members (excludes halogenated alkanes) is 23. The minimum absolute atomic E-state index is 0.0706. The van der Waals surface area contributed by atoms with Crippen LogP contribution in [0.4, 0.5) is 0 Å². The summed E-state index contributed by atoms with van der Waals surface area (Å²) in [4.78, 5) is 37.3. The van der Waals surface area contributed by atoms with E-state index in [0.29, 0.717) is 19.3 Å². The lowest BCUT2D eigenvalue weighted by Gasteiger charge is -2.18. The smallest absolute Gasteiger partial charge is 0.306 e. The zero-order valence-corrected chi connectivity index (χ0v) is 31.3. The van der Waals surface area contributed by atoms with Gasteiger partial charge >= 0.3 is 17.9 Å². The number of esters is 3. The van der Waals surface area contributed by atoms with Gasteiger partial charge in [-0.25, -0.2) is 0 Å². The van der Waals surface area contributed by atoms with Gasteiger partial charge in [-0.1, -0.05) is 168 Å². The van der Waals surface area contributed by atoms with Gasteiger partial charge in [-0.15, -0.1) is 0 Å². The van der Waals surface area contributed by atoms with Crippen LogP contribution in [0, 0.1) is 0 Å². The van der Waals surface area contributed by atoms with Gasteiger partial charge in [0.2, 0.25) is 0 Å². The van der Waals surface area contributed by atoms with E-state index >= 15 is 0 Å². The van der Waals surface area contributed by atoms with Gasteiger partial charge in [0.05, 0.1) is 0 Å². The molecule has 0 saturated heterocycles. The normalized spacial score (nSPS) is 12.0. The number of allylic oxidation sites excluding steroid dienone is 2. The molecule has 0 rings (SSSR count). The van der Waals surface area contributed by atoms with Crippen LogP contribution < -0.4 is 0 Å². The Kier molecular flexibility index (Phi) is 35.5. The van der Waals surface area contributed by atoms with Crippen molar-refractivity contribution in [3.63, 3.8) is 0 Å². The maximum Gasteiger partial charge on any atom is 0.306 e. The summed E-state index contributed by atoms with van der Waals surface area (Å²) in [5, 5.41) is 0. The summed E-state index contributed by atoms with van der Waals surface area (Å²) >= 11 is 0. The van der Waals surface area contributed by atoms with E-state index in [4.69, 9.17) is 14.2 Å². The molecule has 0 aromatic heterocycles. The van der Waals surface area contributed by atoms with E-state index in [2.05, 4.69) is 32.9 Å². The van der Waals surface area contributed by atoms with Crippen LogP contribution in [-0.2, 0) is 28.6 Å². The Labute approximate surface area is 290 Å². The van der Waals surface area contributed by atoms with Crippen LogP contribution in [0.3, 0.4) is 0 Å². The molecular weight excluding hydrogens is 588 g/mol. The van der Waals surface area contributed by atoms with Gasteiger partial charge in [-0.2, -0.15) is 0 Å². The molecule has 0 bridgehead atoms. The predicted octanol–water partition coefficient (Wildman–Crippen LogP) is 12.3. The van der Waals surface area contributed by atoms with Crippen LogP contribution in [-0.4, -0.2) is 37.2 Å². The van der Waals surface area contributed by atoms with E-state index in [0.717, 1.165) is 77.0 Å². The third-order valence-electron chi connectivity index (χ3n) is 8.75. The lowest BCUT2D eigenvalue weighted by atomic mass is 10.0. The van der Waals surface area contributed by atoms with Crippen LogP contribution in [0.25, 0.3) is 0 Å². The van der Waals surface area contributed by atoms with Crippen LogP contribution >= 0.6 is 0 Å². The van der Waals surface area contributed by atoms with E-state index in [-0.39, 0.29) is 31.1 Å². The summed E-state index contributed by atoms with van der Waals surface area (Å²) in [6, 6.07) is 0. The number of rotatable bonds is 36. The number of carbonyl (C=O) groups is 3. The fraction of sp³-hybridized carbons (Fsp3) is 0.878. The van der Waals surface area contributed by atoms with Crippen molar-refractivity contribution < 1.29 is 28.6 Å². The third kappa shape index (κ3) is 35.3. The van der Waals surface area contributed by atoms with Crippen LogP contribution in [0.5, 0.6) is 0 Å². The number of ether oxygens (including phenoxy) is 3. The highest BCUT2D eigenvalue weighted by Crippen LogP contribution is 2.14. The van der Waals surface area contributed by atoms with Gasteiger partial charge < -0.3 is 14.2 Å². The quantitative estimate of drug-likeness (QED) is 0.0287. The van der Waals surface area contributed by atoms with Crippen LogP contribution in [0.1, 0.15) is 213 Å². The Hall–Kier alpha value is -1.85. The first kappa shape index (κ1) is 45.2. The van der Waals surface area contributed by atoms with Gasteiger partial charge in [0.15, 0.2) is 6.10 Å². The number of hydrogen-bond acceptors (Lipinski definition) is 6. The van der Waals surface area contributed by atoms with E-state index in [1.54, 1.807) is 0 Å². The molecule has 47 heavy (non-hydrogen) atoms. The van der Waals surface area contributed by atoms with E-state index in [1.807, 2.05) is 0 Å². The van der Waals surface area contributed by atoms with Crippen LogP contribution in [0.2, 0.25) is 0 Å². The molecule has 0 heterocycles. The monoisotopic (exact) mass is 665 g/mol. The van der Waals surface area contributed by atoms with Gasteiger partial charge in [-0.3, -0.25) is 14.4 Å². The first-order chi connectivity index (χ1) is 23.0. The molecule has 0 amide bonds. The Morgan fingerprint density at radius 2 is 0.745 bits per heavy atom. The molecule has 0 aliphatic rings. The van der Waals surface area contributed by atoms with Gasteiger partial charge in [0, 0.05) is 19.3 Å². The predicted molar refractivity (Wildman–Crippen MR) is 196 cm³/mol. The second kappa shape index (κ2) is 37.0. The molecule has 276 valence electrons. The topological polar surface area (TPSA) is 78.9 Å². The Balaban J connectivity index is 4.28. The molecule has 0 fully saturated rings. The first-order valence-electron chi connectivity index (χ1n) is 20.2. The van der Waals surface area contributed by atoms with Crippen molar-refractivity contribution in [2.24, 2.45) is 0 Å². The second-order valence-corrected chi connectivity index (χ2v) is 13.6. The van der Waals surface area contributed by atoms with Crippen molar-refractivity contribution in [2.45, 2.75) is 219 Å². The van der Waals surface area contributed by atoms with E-state index in [1.165, 1.54) is 96.3 Å². The van der Waals surface area contributed by atoms with Crippen LogP contribution in [0.15, 0.2) is 12.2 Å². The van der Waals surface area contributed by atoms with Crippen molar-refractivity contribution in [1.29, 1.82) is 0 Å². The molecule has 6 heteroatoms. The van der Waals surface area contributed by atoms with Crippen molar-refractivity contribution in [3.05, 3.63) is 12.2 Å². The average molecular weight is 665 g/mol. The minimum atomic E-state index is -0.762. The molecule has 0 aromatic carbocycles. The molecule has 0 aliphatic carbocycles. The minimum Gasteiger partial charge on any atom is -0.462 e. The standard InChI is InChI=1S/C41H76O6/c1-4-7-10-13-16-18-20-21-22-24-25-28-31-34-40(43)46-37-38(36-45-39(42)33-30-27-15-12-9-6-3)47-41(44)35-32-29-26-23-19-17-14-11-8-5-2/h11,14,38H,4-10,12-13,15-37H2,1-3H3/b14-11-. The fourth-order valence-corrected chi connectivity index (χ4v) is 5.68. The van der Waals surface area contributed by atoms with Crippen molar-refractivity contribution in [2.75, 3.05) is 13.2 Å². The maximum absolute atomic E-state index is 12.6. The molecule has 0 saturated carbocycles. The summed E-state index contributed by atoms with van der Waals surface area (Å²) in [6.07, 6.45) is 36.4. The fourth-order valence-electron chi connectivity index (χ4n) is 5.68. The summed E-state index contributed by atoms with van der Waals surface area (Å²) in [5.74, 6) is -0.890. The SMILES string of the molecule is CCC/C=C\CCCCCCCC(=O)OC(COC(=O)CCCCCCCC)COC(=O)CCCCCCCCCCCCCCC. The highest BCUT2D eigenvalue weighted by molar-refractivity contribution is 5.71. The molecule has 0 N–H and O–H groups in total. The van der Waals surface area contributed by atoms with Crippen molar-refractivity contribution >= 4 is 17.9 Å². The average Bonchev–Trinajstić information content (AvgIpc) is 3.06. The number of carbonyl (C=O) groups excluding carboxylic acids is 3. The van der Waals surface area contributed by atoms with E-state index < -0.39 is 6.10 Å². The van der Waals surface area contributed by atoms with Gasteiger partial charge in [-0.05, 0) is 38.5 Å². The van der Waals surface area contributed by atoms with Gasteiger partial charge in [0.25, 0.3) is 0 Å². The molecule has 1 unspecified atom stereocenters. The van der Waals surface area contributed by atoms with Gasteiger partial charge in [0.1, 0.15) is 13.2 Å². The molecule has 1 atom stereocenters. The molecule has 0 spiro atoms. The van der Waals surface area contributed by atoms with Crippen molar-refractivity contribution in [1.82, 2.24) is 0 Å². The lowest BCUT2D eigenvalue weighted by molar-refractivity contribution is -0.167. The zero-order chi connectivity index (χ0) is 34.5. The Morgan fingerprint density at radius 1 is 0.404 bits per heavy atom. The first-order valence-corrected chi connectivity index (χ1v) is 20.2. The lowest BCUT2D eigenvalue weighted by Crippen LogP contribution is -2.30. The largest absolute Gasteiger partial charge is 0.462 e. The summed E-state index contributed by atoms with van der Waals surface area (Å²) in [5.41, 5.74) is 0. The highest BCUT2D eigenvalue weighted by Gasteiger charge is 2.19. The van der Waals surface area contributed by atoms with E-state index in [9.17, 15) is 14.4 Å². The molecular formula is C41H76O6. The number of hydrogen-bond donors (Lipinski definition) is 0. The third-order valence-corrected chi connectivity index (χ3v) is 8.75. The molecule has 0 radical (unpaired) electrons. The zero-order valence-electron chi connectivity index (χ0n) is 31.3. The maximum atomic E-state index is 12.6. The Morgan fingerprint density at radius 3 is 1.15 bits per heavy atom. The summed E-state index contributed by atoms with van der Waals surface area (Å²) in [7, 11) is 0.